The maximum Gasteiger partial charge on any atom is 0.208 e. The molecule has 0 radical (unpaired) electrons. The minimum atomic E-state index is 0.414. The fourth-order valence-corrected chi connectivity index (χ4v) is 3.29. The number of carbonyl (C=O) groups is 1. The molecule has 18 heavy (non-hydrogen) atoms. The van der Waals surface area contributed by atoms with E-state index in [0.717, 1.165) is 49.6 Å². The molecule has 1 aromatic rings. The van der Waals surface area contributed by atoms with Crippen molar-refractivity contribution in [3.8, 4) is 0 Å². The predicted molar refractivity (Wildman–Crippen MR) is 67.2 cm³/mol. The third-order valence-corrected chi connectivity index (χ3v) is 4.33. The van der Waals surface area contributed by atoms with E-state index in [4.69, 9.17) is 4.42 Å². The Bertz CT molecular complexity index is 431. The van der Waals surface area contributed by atoms with Gasteiger partial charge in [0.15, 0.2) is 0 Å². The topological polar surface area (TPSA) is 46.3 Å². The summed E-state index contributed by atoms with van der Waals surface area (Å²) in [6.45, 7) is 4.69. The molecule has 2 aliphatic rings. The van der Waals surface area contributed by atoms with E-state index in [9.17, 15) is 4.79 Å². The Balaban J connectivity index is 1.77. The number of ketones is 1. The summed E-state index contributed by atoms with van der Waals surface area (Å²) < 4.78 is 5.67. The number of nitrogens with zero attached hydrogens (tertiary/aromatic N) is 2. The summed E-state index contributed by atoms with van der Waals surface area (Å²) in [5.41, 5.74) is 0.975. The second-order valence-electron chi connectivity index (χ2n) is 5.61. The number of hydrogen-bond donors (Lipinski definition) is 0. The molecule has 0 saturated carbocycles. The van der Waals surface area contributed by atoms with E-state index in [1.54, 1.807) is 0 Å². The first kappa shape index (κ1) is 11.9. The first-order chi connectivity index (χ1) is 8.63. The van der Waals surface area contributed by atoms with Gasteiger partial charge in [-0.1, -0.05) is 6.42 Å². The molecule has 2 fully saturated rings. The Hall–Kier alpha value is -1.16. The highest BCUT2D eigenvalue weighted by molar-refractivity contribution is 5.80. The summed E-state index contributed by atoms with van der Waals surface area (Å²) in [6.07, 6.45) is 4.97. The number of carbonyl (C=O) groups excluding carboxylic acids is 1. The third kappa shape index (κ3) is 2.09. The van der Waals surface area contributed by atoms with E-state index in [1.807, 2.05) is 13.8 Å². The van der Waals surface area contributed by atoms with Crippen LogP contribution in [0.15, 0.2) is 4.42 Å². The summed E-state index contributed by atoms with van der Waals surface area (Å²) in [6, 6.07) is 0.829. The van der Waals surface area contributed by atoms with Gasteiger partial charge in [0.2, 0.25) is 5.89 Å². The molecular weight excluding hydrogens is 228 g/mol. The average Bonchev–Trinajstić information content (AvgIpc) is 2.59. The van der Waals surface area contributed by atoms with Gasteiger partial charge in [-0.05, 0) is 26.7 Å². The van der Waals surface area contributed by atoms with Crippen LogP contribution in [-0.4, -0.2) is 27.8 Å². The summed E-state index contributed by atoms with van der Waals surface area (Å²) in [4.78, 5) is 18.6. The monoisotopic (exact) mass is 248 g/mol. The van der Waals surface area contributed by atoms with Gasteiger partial charge in [0.05, 0.1) is 12.2 Å². The van der Waals surface area contributed by atoms with Gasteiger partial charge < -0.3 is 4.42 Å². The molecule has 3 heterocycles. The smallest absolute Gasteiger partial charge is 0.208 e. The van der Waals surface area contributed by atoms with Crippen LogP contribution in [0.3, 0.4) is 0 Å². The molecule has 3 rings (SSSR count). The number of piperidine rings is 2. The van der Waals surface area contributed by atoms with Crippen molar-refractivity contribution in [2.24, 2.45) is 0 Å². The van der Waals surface area contributed by atoms with Gasteiger partial charge in [0.25, 0.3) is 0 Å². The molecule has 0 aliphatic carbocycles. The van der Waals surface area contributed by atoms with Gasteiger partial charge in [-0.3, -0.25) is 9.69 Å². The van der Waals surface area contributed by atoms with E-state index in [1.165, 1.54) is 6.42 Å². The molecule has 2 bridgehead atoms. The van der Waals surface area contributed by atoms with E-state index in [2.05, 4.69) is 9.88 Å². The lowest BCUT2D eigenvalue weighted by Crippen LogP contribution is -2.51. The molecule has 4 heteroatoms. The second-order valence-corrected chi connectivity index (χ2v) is 5.61. The summed E-state index contributed by atoms with van der Waals surface area (Å²) in [5.74, 6) is 2.14. The Morgan fingerprint density at radius 2 is 1.94 bits per heavy atom. The maximum absolute atomic E-state index is 11.7. The summed E-state index contributed by atoms with van der Waals surface area (Å²) in [5, 5.41) is 0. The van der Waals surface area contributed by atoms with Crippen molar-refractivity contribution in [1.29, 1.82) is 0 Å². The highest BCUT2D eigenvalue weighted by Gasteiger charge is 2.38. The fourth-order valence-electron chi connectivity index (χ4n) is 3.29. The molecule has 2 unspecified atom stereocenters. The van der Waals surface area contributed by atoms with Crippen LogP contribution in [0.25, 0.3) is 0 Å². The number of hydrogen-bond acceptors (Lipinski definition) is 4. The molecule has 1 aromatic heterocycles. The molecular formula is C14H20N2O2. The molecule has 2 saturated heterocycles. The second kappa shape index (κ2) is 4.50. The average molecular weight is 248 g/mol. The van der Waals surface area contributed by atoms with E-state index < -0.39 is 0 Å². The van der Waals surface area contributed by atoms with Crippen LogP contribution in [-0.2, 0) is 11.3 Å². The van der Waals surface area contributed by atoms with Gasteiger partial charge in [-0.25, -0.2) is 4.98 Å². The van der Waals surface area contributed by atoms with Crippen LogP contribution in [0.5, 0.6) is 0 Å². The van der Waals surface area contributed by atoms with Crippen molar-refractivity contribution in [1.82, 2.24) is 9.88 Å². The molecule has 0 aromatic carbocycles. The van der Waals surface area contributed by atoms with Gasteiger partial charge in [-0.15, -0.1) is 0 Å². The number of aromatic nitrogens is 1. The molecule has 4 nitrogen and oxygen atoms in total. The number of Topliss-reactive ketones (excluding diaryl/α,β-unsaturated/α-hetero) is 1. The van der Waals surface area contributed by atoms with Crippen LogP contribution in [0.2, 0.25) is 0 Å². The minimum absolute atomic E-state index is 0.414. The van der Waals surface area contributed by atoms with Gasteiger partial charge >= 0.3 is 0 Å². The SMILES string of the molecule is Cc1nc(CN2C3CCCC2CC(=O)C3)oc1C. The molecule has 2 aliphatic heterocycles. The highest BCUT2D eigenvalue weighted by atomic mass is 16.4. The Kier molecular flexibility index (Phi) is 2.98. The Labute approximate surface area is 107 Å². The minimum Gasteiger partial charge on any atom is -0.444 e. The maximum atomic E-state index is 11.7. The molecule has 98 valence electrons. The quantitative estimate of drug-likeness (QED) is 0.806. The zero-order chi connectivity index (χ0) is 12.7. The third-order valence-electron chi connectivity index (χ3n) is 4.33. The number of aryl methyl sites for hydroxylation is 2. The van der Waals surface area contributed by atoms with Gasteiger partial charge in [0.1, 0.15) is 11.5 Å². The zero-order valence-corrected chi connectivity index (χ0v) is 11.1. The van der Waals surface area contributed by atoms with E-state index >= 15 is 0 Å². The summed E-state index contributed by atoms with van der Waals surface area (Å²) in [7, 11) is 0. The molecule has 0 N–H and O–H groups in total. The van der Waals surface area contributed by atoms with Crippen LogP contribution in [0.4, 0.5) is 0 Å². The first-order valence-corrected chi connectivity index (χ1v) is 6.84. The van der Waals surface area contributed by atoms with E-state index in [0.29, 0.717) is 17.9 Å². The fraction of sp³-hybridized carbons (Fsp3) is 0.714. The van der Waals surface area contributed by atoms with E-state index in [-0.39, 0.29) is 0 Å². The lowest BCUT2D eigenvalue weighted by atomic mass is 9.84. The molecule has 0 amide bonds. The largest absolute Gasteiger partial charge is 0.444 e. The summed E-state index contributed by atoms with van der Waals surface area (Å²) >= 11 is 0. The normalized spacial score (nSPS) is 28.7. The first-order valence-electron chi connectivity index (χ1n) is 6.84. The number of fused-ring (bicyclic) bond motifs is 2. The van der Waals surface area contributed by atoms with Crippen molar-refractivity contribution in [3.63, 3.8) is 0 Å². The lowest BCUT2D eigenvalue weighted by molar-refractivity contribution is -0.127. The lowest BCUT2D eigenvalue weighted by Gasteiger charge is -2.44. The van der Waals surface area contributed by atoms with Crippen LogP contribution in [0, 0.1) is 13.8 Å². The molecule has 0 spiro atoms. The van der Waals surface area contributed by atoms with Crippen molar-refractivity contribution >= 4 is 5.78 Å². The van der Waals surface area contributed by atoms with Gasteiger partial charge in [0, 0.05) is 24.9 Å². The van der Waals surface area contributed by atoms with Crippen molar-refractivity contribution in [2.75, 3.05) is 0 Å². The predicted octanol–water partition coefficient (Wildman–Crippen LogP) is 2.38. The zero-order valence-electron chi connectivity index (χ0n) is 11.1. The number of rotatable bonds is 2. The van der Waals surface area contributed by atoms with Crippen LogP contribution >= 0.6 is 0 Å². The Morgan fingerprint density at radius 3 is 2.50 bits per heavy atom. The van der Waals surface area contributed by atoms with Crippen LogP contribution < -0.4 is 0 Å². The molecule has 2 atom stereocenters. The highest BCUT2D eigenvalue weighted by Crippen LogP contribution is 2.33. The van der Waals surface area contributed by atoms with Crippen LogP contribution in [0.1, 0.15) is 49.4 Å². The van der Waals surface area contributed by atoms with Gasteiger partial charge in [-0.2, -0.15) is 0 Å². The van der Waals surface area contributed by atoms with Crippen molar-refractivity contribution in [2.45, 2.75) is 64.6 Å². The van der Waals surface area contributed by atoms with Crippen molar-refractivity contribution < 1.29 is 9.21 Å². The van der Waals surface area contributed by atoms with Crippen molar-refractivity contribution in [3.05, 3.63) is 17.3 Å². The number of oxazole rings is 1. The Morgan fingerprint density at radius 1 is 1.28 bits per heavy atom. The standard InChI is InChI=1S/C14H20N2O2/c1-9-10(2)18-14(15-9)8-16-11-4-3-5-12(16)7-13(17)6-11/h11-12H,3-8H2,1-2H3.